The molecule has 0 radical (unpaired) electrons. The van der Waals surface area contributed by atoms with Gasteiger partial charge in [-0.3, -0.25) is 14.3 Å². The van der Waals surface area contributed by atoms with E-state index in [-0.39, 0.29) is 17.2 Å². The minimum atomic E-state index is -3.79. The van der Waals surface area contributed by atoms with Crippen LogP contribution >= 0.6 is 0 Å². The molecule has 0 atom stereocenters. The fraction of sp³-hybridized carbons (Fsp3) is 0.200. The first kappa shape index (κ1) is 16.1. The Morgan fingerprint density at radius 1 is 1.09 bits per heavy atom. The van der Waals surface area contributed by atoms with Crippen LogP contribution in [0.5, 0.6) is 0 Å². The molecule has 0 saturated carbocycles. The number of aryl methyl sites for hydroxylation is 1. The quantitative estimate of drug-likeness (QED) is 0.464. The Kier molecular flexibility index (Phi) is 4.89. The normalized spacial score (nSPS) is 11.3. The molecule has 2 rings (SSSR count). The lowest BCUT2D eigenvalue weighted by Crippen LogP contribution is -2.10. The number of benzene rings is 2. The third kappa shape index (κ3) is 3.90. The number of nitro benzene ring substituents is 1. The Morgan fingerprint density at radius 3 is 2.32 bits per heavy atom. The minimum absolute atomic E-state index is 0.00259. The van der Waals surface area contributed by atoms with Gasteiger partial charge < -0.3 is 0 Å². The summed E-state index contributed by atoms with van der Waals surface area (Å²) < 4.78 is 29.2. The molecule has 2 aromatic carbocycles. The van der Waals surface area contributed by atoms with Gasteiger partial charge in [-0.1, -0.05) is 30.3 Å². The Balaban J connectivity index is 1.98. The van der Waals surface area contributed by atoms with Gasteiger partial charge in [-0.15, -0.1) is 0 Å². The predicted octanol–water partition coefficient (Wildman–Crippen LogP) is 2.85. The molecule has 6 nitrogen and oxygen atoms in total. The van der Waals surface area contributed by atoms with E-state index in [1.807, 2.05) is 0 Å². The standard InChI is InChI=1S/C15H15NO5S/c1-12-4-2-3-5-15(12)22(19,20)21-11-10-13-6-8-14(9-7-13)16(17)18/h2-9H,10-11H2,1H3. The van der Waals surface area contributed by atoms with Crippen molar-refractivity contribution in [2.45, 2.75) is 18.2 Å². The average molecular weight is 321 g/mol. The summed E-state index contributed by atoms with van der Waals surface area (Å²) in [5.74, 6) is 0. The average Bonchev–Trinajstić information content (AvgIpc) is 2.48. The van der Waals surface area contributed by atoms with Crippen molar-refractivity contribution in [3.05, 3.63) is 69.8 Å². The Hall–Kier alpha value is -2.25. The van der Waals surface area contributed by atoms with Gasteiger partial charge in [0, 0.05) is 12.1 Å². The highest BCUT2D eigenvalue weighted by molar-refractivity contribution is 7.86. The molecule has 0 aliphatic carbocycles. The van der Waals surface area contributed by atoms with Crippen molar-refractivity contribution in [3.63, 3.8) is 0 Å². The molecule has 7 heteroatoms. The molecule has 0 heterocycles. The van der Waals surface area contributed by atoms with Gasteiger partial charge in [-0.05, 0) is 30.5 Å². The summed E-state index contributed by atoms with van der Waals surface area (Å²) in [4.78, 5) is 10.2. The summed E-state index contributed by atoms with van der Waals surface area (Å²) in [7, 11) is -3.79. The molecule has 116 valence electrons. The lowest BCUT2D eigenvalue weighted by molar-refractivity contribution is -0.384. The van der Waals surface area contributed by atoms with Crippen LogP contribution < -0.4 is 0 Å². The lowest BCUT2D eigenvalue weighted by Gasteiger charge is -2.08. The van der Waals surface area contributed by atoms with Crippen LogP contribution in [0.2, 0.25) is 0 Å². The van der Waals surface area contributed by atoms with Gasteiger partial charge in [0.15, 0.2) is 0 Å². The second kappa shape index (κ2) is 6.67. The van der Waals surface area contributed by atoms with Crippen molar-refractivity contribution >= 4 is 15.8 Å². The fourth-order valence-corrected chi connectivity index (χ4v) is 3.09. The van der Waals surface area contributed by atoms with E-state index in [1.165, 1.54) is 18.2 Å². The maximum Gasteiger partial charge on any atom is 0.297 e. The van der Waals surface area contributed by atoms with Crippen molar-refractivity contribution in [1.82, 2.24) is 0 Å². The highest BCUT2D eigenvalue weighted by atomic mass is 32.2. The Morgan fingerprint density at radius 2 is 1.73 bits per heavy atom. The molecule has 0 amide bonds. The maximum absolute atomic E-state index is 12.1. The van der Waals surface area contributed by atoms with Crippen LogP contribution in [0.1, 0.15) is 11.1 Å². The van der Waals surface area contributed by atoms with Crippen LogP contribution in [0.25, 0.3) is 0 Å². The fourth-order valence-electron chi connectivity index (χ4n) is 1.95. The Bertz CT molecular complexity index is 769. The lowest BCUT2D eigenvalue weighted by atomic mass is 10.1. The number of rotatable bonds is 6. The SMILES string of the molecule is Cc1ccccc1S(=O)(=O)OCCc1ccc([N+](=O)[O-])cc1. The second-order valence-corrected chi connectivity index (χ2v) is 6.30. The summed E-state index contributed by atoms with van der Waals surface area (Å²) in [6.45, 7) is 1.68. The third-order valence-corrected chi connectivity index (χ3v) is 4.61. The first-order valence-corrected chi connectivity index (χ1v) is 7.99. The number of nitrogens with zero attached hydrogens (tertiary/aromatic N) is 1. The molecule has 0 saturated heterocycles. The largest absolute Gasteiger partial charge is 0.297 e. The summed E-state index contributed by atoms with van der Waals surface area (Å²) in [6.07, 6.45) is 0.350. The first-order valence-electron chi connectivity index (χ1n) is 6.58. The van der Waals surface area contributed by atoms with Crippen molar-refractivity contribution in [3.8, 4) is 0 Å². The summed E-state index contributed by atoms with van der Waals surface area (Å²) in [5, 5.41) is 10.5. The molecule has 0 aliphatic heterocycles. The molecule has 0 aliphatic rings. The molecular weight excluding hydrogens is 306 g/mol. The third-order valence-electron chi connectivity index (χ3n) is 3.14. The van der Waals surface area contributed by atoms with Crippen LogP contribution in [0.15, 0.2) is 53.4 Å². The molecule has 0 fully saturated rings. The van der Waals surface area contributed by atoms with Crippen LogP contribution in [-0.4, -0.2) is 19.9 Å². The topological polar surface area (TPSA) is 86.5 Å². The van der Waals surface area contributed by atoms with Crippen molar-refractivity contribution < 1.29 is 17.5 Å². The molecule has 0 aromatic heterocycles. The van der Waals surface area contributed by atoms with Gasteiger partial charge in [0.05, 0.1) is 16.4 Å². The van der Waals surface area contributed by atoms with Crippen LogP contribution in [0.4, 0.5) is 5.69 Å². The van der Waals surface area contributed by atoms with Crippen molar-refractivity contribution in [2.24, 2.45) is 0 Å². The van der Waals surface area contributed by atoms with Gasteiger partial charge in [0.25, 0.3) is 15.8 Å². The number of hydrogen-bond acceptors (Lipinski definition) is 5. The van der Waals surface area contributed by atoms with Gasteiger partial charge in [-0.2, -0.15) is 8.42 Å². The van der Waals surface area contributed by atoms with E-state index >= 15 is 0 Å². The minimum Gasteiger partial charge on any atom is -0.266 e. The van der Waals surface area contributed by atoms with E-state index in [0.29, 0.717) is 12.0 Å². The van der Waals surface area contributed by atoms with E-state index < -0.39 is 15.0 Å². The molecule has 0 unspecified atom stereocenters. The molecule has 22 heavy (non-hydrogen) atoms. The number of hydrogen-bond donors (Lipinski definition) is 0. The van der Waals surface area contributed by atoms with Crippen LogP contribution in [0, 0.1) is 17.0 Å². The van der Waals surface area contributed by atoms with Gasteiger partial charge in [0.2, 0.25) is 0 Å². The molecule has 0 N–H and O–H groups in total. The summed E-state index contributed by atoms with van der Waals surface area (Å²) in [5.41, 5.74) is 1.39. The van der Waals surface area contributed by atoms with E-state index in [9.17, 15) is 18.5 Å². The molecule has 0 bridgehead atoms. The van der Waals surface area contributed by atoms with Crippen molar-refractivity contribution in [2.75, 3.05) is 6.61 Å². The zero-order valence-electron chi connectivity index (χ0n) is 11.9. The van der Waals surface area contributed by atoms with Gasteiger partial charge in [0.1, 0.15) is 0 Å². The monoisotopic (exact) mass is 321 g/mol. The van der Waals surface area contributed by atoms with E-state index in [0.717, 1.165) is 5.56 Å². The number of non-ortho nitro benzene ring substituents is 1. The highest BCUT2D eigenvalue weighted by Crippen LogP contribution is 2.17. The summed E-state index contributed by atoms with van der Waals surface area (Å²) >= 11 is 0. The van der Waals surface area contributed by atoms with Gasteiger partial charge >= 0.3 is 0 Å². The smallest absolute Gasteiger partial charge is 0.266 e. The zero-order chi connectivity index (χ0) is 16.2. The first-order chi connectivity index (χ1) is 10.4. The van der Waals surface area contributed by atoms with Crippen LogP contribution in [-0.2, 0) is 20.7 Å². The molecular formula is C15H15NO5S. The maximum atomic E-state index is 12.1. The predicted molar refractivity (Wildman–Crippen MR) is 81.1 cm³/mol. The Labute approximate surface area is 128 Å². The highest BCUT2D eigenvalue weighted by Gasteiger charge is 2.17. The van der Waals surface area contributed by atoms with Gasteiger partial charge in [-0.25, -0.2) is 0 Å². The van der Waals surface area contributed by atoms with E-state index in [4.69, 9.17) is 4.18 Å². The van der Waals surface area contributed by atoms with E-state index in [1.54, 1.807) is 37.3 Å². The van der Waals surface area contributed by atoms with Crippen LogP contribution in [0.3, 0.4) is 0 Å². The zero-order valence-corrected chi connectivity index (χ0v) is 12.7. The molecule has 2 aromatic rings. The van der Waals surface area contributed by atoms with Crippen molar-refractivity contribution in [1.29, 1.82) is 0 Å². The summed E-state index contributed by atoms with van der Waals surface area (Å²) in [6, 6.07) is 12.5. The second-order valence-electron chi connectivity index (χ2n) is 4.72. The number of nitro groups is 1. The molecule has 0 spiro atoms. The van der Waals surface area contributed by atoms with E-state index in [2.05, 4.69) is 0 Å².